The minimum Gasteiger partial charge on any atom is -0.456 e. The Morgan fingerprint density at radius 3 is 2.61 bits per heavy atom. The first-order valence-corrected chi connectivity index (χ1v) is 8.19. The number of benzene rings is 2. The summed E-state index contributed by atoms with van der Waals surface area (Å²) in [5.74, 6) is 0.671. The van der Waals surface area contributed by atoms with E-state index in [1.165, 1.54) is 11.6 Å². The zero-order valence-electron chi connectivity index (χ0n) is 12.4. The van der Waals surface area contributed by atoms with E-state index in [4.69, 9.17) is 8.83 Å². The molecule has 0 unspecified atom stereocenters. The molecular formula is C19H13BrO3. The minimum absolute atomic E-state index is 0.376. The van der Waals surface area contributed by atoms with Crippen molar-refractivity contribution in [2.75, 3.05) is 0 Å². The molecule has 0 N–H and O–H groups in total. The molecule has 2 aromatic carbocycles. The number of fused-ring (bicyclic) bond motifs is 2. The van der Waals surface area contributed by atoms with Crippen LogP contribution in [-0.4, -0.2) is 0 Å². The van der Waals surface area contributed by atoms with Gasteiger partial charge in [0.25, 0.3) is 0 Å². The van der Waals surface area contributed by atoms with Crippen molar-refractivity contribution >= 4 is 37.9 Å². The highest BCUT2D eigenvalue weighted by Crippen LogP contribution is 2.33. The van der Waals surface area contributed by atoms with Crippen LogP contribution in [0.2, 0.25) is 0 Å². The van der Waals surface area contributed by atoms with Crippen LogP contribution in [-0.2, 0) is 6.42 Å². The molecule has 114 valence electrons. The third-order valence-corrected chi connectivity index (χ3v) is 4.45. The van der Waals surface area contributed by atoms with Crippen LogP contribution >= 0.6 is 15.9 Å². The molecule has 0 radical (unpaired) electrons. The van der Waals surface area contributed by atoms with Crippen molar-refractivity contribution in [3.63, 3.8) is 0 Å². The van der Waals surface area contributed by atoms with Crippen LogP contribution in [0, 0.1) is 0 Å². The molecule has 4 heteroatoms. The van der Waals surface area contributed by atoms with Crippen LogP contribution in [0.15, 0.2) is 66.6 Å². The highest BCUT2D eigenvalue weighted by molar-refractivity contribution is 9.10. The summed E-state index contributed by atoms with van der Waals surface area (Å²) in [7, 11) is 0. The molecule has 0 atom stereocenters. The molecule has 0 amide bonds. The normalized spacial score (nSPS) is 11.4. The van der Waals surface area contributed by atoms with E-state index in [1.54, 1.807) is 0 Å². The van der Waals surface area contributed by atoms with E-state index < -0.39 is 0 Å². The van der Waals surface area contributed by atoms with E-state index in [9.17, 15) is 4.79 Å². The molecule has 4 aromatic rings. The SMILES string of the molecule is CCc1ccc2oc(=O)cc(-c3cc4cc(Br)ccc4o3)c2c1. The lowest BCUT2D eigenvalue weighted by molar-refractivity contribution is 0.559. The lowest BCUT2D eigenvalue weighted by Crippen LogP contribution is -1.98. The van der Waals surface area contributed by atoms with Crippen molar-refractivity contribution in [1.29, 1.82) is 0 Å². The summed E-state index contributed by atoms with van der Waals surface area (Å²) in [5, 5.41) is 1.88. The zero-order valence-corrected chi connectivity index (χ0v) is 14.0. The third kappa shape index (κ3) is 2.49. The lowest BCUT2D eigenvalue weighted by Gasteiger charge is -2.04. The number of hydrogen-bond acceptors (Lipinski definition) is 3. The summed E-state index contributed by atoms with van der Waals surface area (Å²) in [4.78, 5) is 11.9. The maximum absolute atomic E-state index is 11.9. The van der Waals surface area contributed by atoms with Gasteiger partial charge in [0.15, 0.2) is 0 Å². The maximum atomic E-state index is 11.9. The number of aryl methyl sites for hydroxylation is 1. The van der Waals surface area contributed by atoms with E-state index in [0.717, 1.165) is 32.8 Å². The topological polar surface area (TPSA) is 43.4 Å². The first kappa shape index (κ1) is 14.3. The smallest absolute Gasteiger partial charge is 0.336 e. The molecule has 0 aliphatic rings. The Hall–Kier alpha value is -2.33. The molecule has 2 aromatic heterocycles. The predicted molar refractivity (Wildman–Crippen MR) is 94.8 cm³/mol. The fourth-order valence-corrected chi connectivity index (χ4v) is 3.16. The van der Waals surface area contributed by atoms with E-state index in [0.29, 0.717) is 11.3 Å². The van der Waals surface area contributed by atoms with Crippen LogP contribution in [0.1, 0.15) is 12.5 Å². The highest BCUT2D eigenvalue weighted by Gasteiger charge is 2.13. The fraction of sp³-hybridized carbons (Fsp3) is 0.105. The van der Waals surface area contributed by atoms with Gasteiger partial charge in [0.05, 0.1) is 0 Å². The van der Waals surface area contributed by atoms with Crippen molar-refractivity contribution in [2.24, 2.45) is 0 Å². The fourth-order valence-electron chi connectivity index (χ4n) is 2.78. The van der Waals surface area contributed by atoms with E-state index in [-0.39, 0.29) is 5.63 Å². The van der Waals surface area contributed by atoms with Crippen molar-refractivity contribution < 1.29 is 8.83 Å². The summed E-state index contributed by atoms with van der Waals surface area (Å²) >= 11 is 3.46. The molecule has 0 fully saturated rings. The van der Waals surface area contributed by atoms with Crippen LogP contribution in [0.3, 0.4) is 0 Å². The molecule has 0 saturated carbocycles. The highest BCUT2D eigenvalue weighted by atomic mass is 79.9. The molecular weight excluding hydrogens is 356 g/mol. The van der Waals surface area contributed by atoms with Crippen LogP contribution in [0.5, 0.6) is 0 Å². The molecule has 0 aliphatic heterocycles. The first-order chi connectivity index (χ1) is 11.1. The molecule has 23 heavy (non-hydrogen) atoms. The zero-order chi connectivity index (χ0) is 16.0. The quantitative estimate of drug-likeness (QED) is 0.436. The first-order valence-electron chi connectivity index (χ1n) is 7.40. The molecule has 0 bridgehead atoms. The van der Waals surface area contributed by atoms with Gasteiger partial charge in [0, 0.05) is 26.9 Å². The molecule has 0 aliphatic carbocycles. The summed E-state index contributed by atoms with van der Waals surface area (Å²) in [5.41, 5.74) is 2.94. The lowest BCUT2D eigenvalue weighted by atomic mass is 10.0. The van der Waals surface area contributed by atoms with Crippen molar-refractivity contribution in [2.45, 2.75) is 13.3 Å². The molecule has 4 rings (SSSR count). The Balaban J connectivity index is 2.03. The van der Waals surface area contributed by atoms with Gasteiger partial charge in [-0.05, 0) is 48.4 Å². The van der Waals surface area contributed by atoms with Crippen LogP contribution < -0.4 is 5.63 Å². The summed E-state index contributed by atoms with van der Waals surface area (Å²) < 4.78 is 12.2. The Morgan fingerprint density at radius 1 is 0.957 bits per heavy atom. The van der Waals surface area contributed by atoms with Gasteiger partial charge >= 0.3 is 5.63 Å². The van der Waals surface area contributed by atoms with Crippen LogP contribution in [0.25, 0.3) is 33.3 Å². The number of halogens is 1. The van der Waals surface area contributed by atoms with Crippen LogP contribution in [0.4, 0.5) is 0 Å². The van der Waals surface area contributed by atoms with Gasteiger partial charge in [0.1, 0.15) is 16.9 Å². The van der Waals surface area contributed by atoms with Gasteiger partial charge in [-0.2, -0.15) is 0 Å². The Morgan fingerprint density at radius 2 is 1.78 bits per heavy atom. The van der Waals surface area contributed by atoms with E-state index >= 15 is 0 Å². The average molecular weight is 369 g/mol. The Bertz CT molecular complexity index is 1090. The van der Waals surface area contributed by atoms with Gasteiger partial charge in [-0.1, -0.05) is 28.9 Å². The number of hydrogen-bond donors (Lipinski definition) is 0. The summed E-state index contributed by atoms with van der Waals surface area (Å²) in [6.45, 7) is 2.10. The van der Waals surface area contributed by atoms with Gasteiger partial charge in [-0.15, -0.1) is 0 Å². The van der Waals surface area contributed by atoms with E-state index in [1.807, 2.05) is 36.4 Å². The molecule has 2 heterocycles. The average Bonchev–Trinajstić information content (AvgIpc) is 2.96. The monoisotopic (exact) mass is 368 g/mol. The molecule has 0 saturated heterocycles. The number of furan rings is 1. The largest absolute Gasteiger partial charge is 0.456 e. The number of rotatable bonds is 2. The molecule has 0 spiro atoms. The van der Waals surface area contributed by atoms with Crippen molar-refractivity contribution in [1.82, 2.24) is 0 Å². The molecule has 3 nitrogen and oxygen atoms in total. The minimum atomic E-state index is -0.376. The second kappa shape index (κ2) is 5.39. The standard InChI is InChI=1S/C19H13BrO3/c1-2-11-3-5-17-14(7-11)15(10-19(21)23-17)18-9-12-8-13(20)4-6-16(12)22-18/h3-10H,2H2,1H3. The second-order valence-electron chi connectivity index (χ2n) is 5.46. The predicted octanol–water partition coefficient (Wildman–Crippen LogP) is 5.53. The van der Waals surface area contributed by atoms with Gasteiger partial charge in [-0.3, -0.25) is 0 Å². The third-order valence-electron chi connectivity index (χ3n) is 3.96. The van der Waals surface area contributed by atoms with Gasteiger partial charge in [-0.25, -0.2) is 4.79 Å². The Kier molecular flexibility index (Phi) is 3.34. The maximum Gasteiger partial charge on any atom is 0.336 e. The summed E-state index contributed by atoms with van der Waals surface area (Å²) in [6.07, 6.45) is 0.918. The van der Waals surface area contributed by atoms with Crippen molar-refractivity contribution in [3.05, 3.63) is 69.0 Å². The summed E-state index contributed by atoms with van der Waals surface area (Å²) in [6, 6.07) is 15.2. The second-order valence-corrected chi connectivity index (χ2v) is 6.37. The van der Waals surface area contributed by atoms with Gasteiger partial charge < -0.3 is 8.83 Å². The van der Waals surface area contributed by atoms with Gasteiger partial charge in [0.2, 0.25) is 0 Å². The Labute approximate surface area is 140 Å². The van der Waals surface area contributed by atoms with Crippen molar-refractivity contribution in [3.8, 4) is 11.3 Å². The van der Waals surface area contributed by atoms with E-state index in [2.05, 4.69) is 28.9 Å².